The third kappa shape index (κ3) is 3.23. The minimum atomic E-state index is -3.48. The van der Waals surface area contributed by atoms with Gasteiger partial charge in [-0.05, 0) is 49.3 Å². The van der Waals surface area contributed by atoms with Gasteiger partial charge < -0.3 is 5.73 Å². The number of hydrogen-bond acceptors (Lipinski definition) is 4. The predicted octanol–water partition coefficient (Wildman–Crippen LogP) is 1.78. The van der Waals surface area contributed by atoms with Gasteiger partial charge in [0, 0.05) is 29.9 Å². The zero-order chi connectivity index (χ0) is 14.9. The number of nitrogens with two attached hydrogens (primary N) is 1. The molecule has 1 aromatic carbocycles. The zero-order valence-electron chi connectivity index (χ0n) is 11.7. The first-order valence-electron chi connectivity index (χ1n) is 7.16. The molecule has 0 spiro atoms. The molecule has 1 saturated carbocycles. The van der Waals surface area contributed by atoms with E-state index in [2.05, 4.69) is 9.71 Å². The number of sulfonamides is 1. The van der Waals surface area contributed by atoms with E-state index in [1.165, 1.54) is 0 Å². The predicted molar refractivity (Wildman–Crippen MR) is 82.3 cm³/mol. The van der Waals surface area contributed by atoms with E-state index in [4.69, 9.17) is 5.73 Å². The van der Waals surface area contributed by atoms with Crippen molar-refractivity contribution < 1.29 is 8.42 Å². The van der Waals surface area contributed by atoms with E-state index in [9.17, 15) is 8.42 Å². The molecule has 0 saturated heterocycles. The lowest BCUT2D eigenvalue weighted by Gasteiger charge is -2.26. The SMILES string of the molecule is NC1CCC(NS(=O)(=O)c2ccc3cnccc3c2)CC1. The Labute approximate surface area is 124 Å². The second kappa shape index (κ2) is 5.71. The minimum Gasteiger partial charge on any atom is -0.328 e. The molecule has 0 radical (unpaired) electrons. The molecule has 1 aliphatic carbocycles. The quantitative estimate of drug-likeness (QED) is 0.905. The molecular formula is C15H19N3O2S. The normalized spacial score (nSPS) is 23.3. The van der Waals surface area contributed by atoms with E-state index in [-0.39, 0.29) is 12.1 Å². The molecule has 1 aliphatic rings. The first kappa shape index (κ1) is 14.4. The first-order chi connectivity index (χ1) is 10.0. The van der Waals surface area contributed by atoms with Crippen molar-refractivity contribution in [2.24, 2.45) is 5.73 Å². The molecule has 1 aromatic heterocycles. The van der Waals surface area contributed by atoms with Crippen LogP contribution in [0.3, 0.4) is 0 Å². The maximum Gasteiger partial charge on any atom is 0.240 e. The van der Waals surface area contributed by atoms with Crippen molar-refractivity contribution in [1.82, 2.24) is 9.71 Å². The molecule has 6 heteroatoms. The van der Waals surface area contributed by atoms with Gasteiger partial charge in [0.1, 0.15) is 0 Å². The smallest absolute Gasteiger partial charge is 0.240 e. The molecule has 112 valence electrons. The summed E-state index contributed by atoms with van der Waals surface area (Å²) in [6, 6.07) is 7.11. The largest absolute Gasteiger partial charge is 0.328 e. The summed E-state index contributed by atoms with van der Waals surface area (Å²) >= 11 is 0. The van der Waals surface area contributed by atoms with E-state index in [1.807, 2.05) is 6.07 Å². The molecule has 1 fully saturated rings. The van der Waals surface area contributed by atoms with Crippen LogP contribution in [0.5, 0.6) is 0 Å². The fraction of sp³-hybridized carbons (Fsp3) is 0.400. The monoisotopic (exact) mass is 305 g/mol. The Kier molecular flexibility index (Phi) is 3.93. The Morgan fingerprint density at radius 2 is 1.86 bits per heavy atom. The van der Waals surface area contributed by atoms with E-state index < -0.39 is 10.0 Å². The average molecular weight is 305 g/mol. The molecule has 1 heterocycles. The van der Waals surface area contributed by atoms with Crippen LogP contribution in [-0.2, 0) is 10.0 Å². The summed E-state index contributed by atoms with van der Waals surface area (Å²) in [5, 5.41) is 1.80. The van der Waals surface area contributed by atoms with Crippen molar-refractivity contribution in [3.63, 3.8) is 0 Å². The summed E-state index contributed by atoms with van der Waals surface area (Å²) < 4.78 is 27.7. The third-order valence-corrected chi connectivity index (χ3v) is 5.53. The highest BCUT2D eigenvalue weighted by Crippen LogP contribution is 2.21. The van der Waals surface area contributed by atoms with Gasteiger partial charge in [-0.1, -0.05) is 6.07 Å². The lowest BCUT2D eigenvalue weighted by atomic mass is 9.93. The molecule has 3 rings (SSSR count). The maximum absolute atomic E-state index is 12.5. The van der Waals surface area contributed by atoms with E-state index in [1.54, 1.807) is 30.6 Å². The Morgan fingerprint density at radius 3 is 2.62 bits per heavy atom. The molecule has 0 atom stereocenters. The van der Waals surface area contributed by atoms with E-state index >= 15 is 0 Å². The van der Waals surface area contributed by atoms with Gasteiger partial charge >= 0.3 is 0 Å². The van der Waals surface area contributed by atoms with Crippen LogP contribution in [-0.4, -0.2) is 25.5 Å². The van der Waals surface area contributed by atoms with Gasteiger partial charge in [-0.2, -0.15) is 0 Å². The number of nitrogens with one attached hydrogen (secondary N) is 1. The summed E-state index contributed by atoms with van der Waals surface area (Å²) in [6.45, 7) is 0. The lowest BCUT2D eigenvalue weighted by molar-refractivity contribution is 0.373. The number of nitrogens with zero attached hydrogens (tertiary/aromatic N) is 1. The van der Waals surface area contributed by atoms with Crippen LogP contribution in [0.4, 0.5) is 0 Å². The van der Waals surface area contributed by atoms with Gasteiger partial charge in [-0.15, -0.1) is 0 Å². The van der Waals surface area contributed by atoms with Gasteiger partial charge in [0.15, 0.2) is 0 Å². The first-order valence-corrected chi connectivity index (χ1v) is 8.64. The summed E-state index contributed by atoms with van der Waals surface area (Å²) in [7, 11) is -3.48. The van der Waals surface area contributed by atoms with Crippen LogP contribution in [0.15, 0.2) is 41.6 Å². The highest BCUT2D eigenvalue weighted by molar-refractivity contribution is 7.89. The molecule has 3 N–H and O–H groups in total. The molecule has 0 aliphatic heterocycles. The molecule has 0 unspecified atom stereocenters. The van der Waals surface area contributed by atoms with Crippen molar-refractivity contribution in [3.8, 4) is 0 Å². The second-order valence-electron chi connectivity index (χ2n) is 5.62. The maximum atomic E-state index is 12.5. The number of aromatic nitrogens is 1. The summed E-state index contributed by atoms with van der Waals surface area (Å²) in [4.78, 5) is 4.33. The second-order valence-corrected chi connectivity index (χ2v) is 7.33. The molecular weight excluding hydrogens is 286 g/mol. The van der Waals surface area contributed by atoms with Gasteiger partial charge in [-0.25, -0.2) is 13.1 Å². The van der Waals surface area contributed by atoms with Crippen LogP contribution in [0.1, 0.15) is 25.7 Å². The fourth-order valence-corrected chi connectivity index (χ4v) is 4.09. The lowest BCUT2D eigenvalue weighted by Crippen LogP contribution is -2.40. The van der Waals surface area contributed by atoms with Crippen molar-refractivity contribution in [2.75, 3.05) is 0 Å². The Balaban J connectivity index is 1.82. The van der Waals surface area contributed by atoms with Crippen LogP contribution in [0, 0.1) is 0 Å². The van der Waals surface area contributed by atoms with Crippen LogP contribution in [0.25, 0.3) is 10.8 Å². The number of rotatable bonds is 3. The molecule has 5 nitrogen and oxygen atoms in total. The average Bonchev–Trinajstić information content (AvgIpc) is 2.49. The summed E-state index contributed by atoms with van der Waals surface area (Å²) in [5.41, 5.74) is 5.85. The minimum absolute atomic E-state index is 0.0112. The highest BCUT2D eigenvalue weighted by Gasteiger charge is 2.24. The number of hydrogen-bond donors (Lipinski definition) is 2. The molecule has 0 amide bonds. The number of fused-ring (bicyclic) bond motifs is 1. The molecule has 0 bridgehead atoms. The zero-order valence-corrected chi connectivity index (χ0v) is 12.5. The third-order valence-electron chi connectivity index (χ3n) is 4.02. The Morgan fingerprint density at radius 1 is 1.10 bits per heavy atom. The van der Waals surface area contributed by atoms with Crippen molar-refractivity contribution >= 4 is 20.8 Å². The van der Waals surface area contributed by atoms with Gasteiger partial charge in [0.2, 0.25) is 10.0 Å². The van der Waals surface area contributed by atoms with Crippen LogP contribution in [0.2, 0.25) is 0 Å². The standard InChI is InChI=1S/C15H19N3O2S/c16-13-2-4-14(5-3-13)18-21(19,20)15-6-1-12-10-17-8-7-11(12)9-15/h1,6-10,13-14,18H,2-5,16H2. The van der Waals surface area contributed by atoms with Gasteiger partial charge in [-0.3, -0.25) is 4.98 Å². The Bertz CT molecular complexity index is 737. The summed E-state index contributed by atoms with van der Waals surface area (Å²) in [6.07, 6.45) is 6.74. The number of pyridine rings is 1. The highest BCUT2D eigenvalue weighted by atomic mass is 32.2. The summed E-state index contributed by atoms with van der Waals surface area (Å²) in [5.74, 6) is 0. The van der Waals surface area contributed by atoms with Crippen molar-refractivity contribution in [3.05, 3.63) is 36.7 Å². The fourth-order valence-electron chi connectivity index (χ4n) is 2.75. The van der Waals surface area contributed by atoms with E-state index in [0.717, 1.165) is 36.5 Å². The number of benzene rings is 1. The van der Waals surface area contributed by atoms with E-state index in [0.29, 0.717) is 4.90 Å². The van der Waals surface area contributed by atoms with Crippen molar-refractivity contribution in [1.29, 1.82) is 0 Å². The van der Waals surface area contributed by atoms with Crippen LogP contribution >= 0.6 is 0 Å². The molecule has 2 aromatic rings. The topological polar surface area (TPSA) is 85.1 Å². The van der Waals surface area contributed by atoms with Crippen LogP contribution < -0.4 is 10.5 Å². The van der Waals surface area contributed by atoms with Gasteiger partial charge in [0.25, 0.3) is 0 Å². The van der Waals surface area contributed by atoms with Gasteiger partial charge in [0.05, 0.1) is 4.90 Å². The molecule has 21 heavy (non-hydrogen) atoms. The van der Waals surface area contributed by atoms with Crippen molar-refractivity contribution in [2.45, 2.75) is 42.7 Å². The Hall–Kier alpha value is -1.50.